The smallest absolute Gasteiger partial charge is 0.330 e. The minimum atomic E-state index is -0.281. The molecular formula is C9H16N2O2. The maximum Gasteiger partial charge on any atom is 0.330 e. The molecule has 1 atom stereocenters. The fraction of sp³-hybridized carbons (Fsp3) is 0.778. The van der Waals surface area contributed by atoms with E-state index in [1.807, 2.05) is 25.8 Å². The summed E-state index contributed by atoms with van der Waals surface area (Å²) in [6, 6.07) is -0.281. The van der Waals surface area contributed by atoms with Gasteiger partial charge in [-0.3, -0.25) is 4.99 Å². The monoisotopic (exact) mass is 184 g/mol. The van der Waals surface area contributed by atoms with Gasteiger partial charge in [-0.05, 0) is 20.3 Å². The molecule has 0 fully saturated rings. The maximum absolute atomic E-state index is 11.3. The van der Waals surface area contributed by atoms with Gasteiger partial charge in [-0.25, -0.2) is 4.79 Å². The first-order valence-electron chi connectivity index (χ1n) is 4.57. The van der Waals surface area contributed by atoms with Crippen LogP contribution < -0.4 is 0 Å². The highest BCUT2D eigenvalue weighted by Gasteiger charge is 2.23. The van der Waals surface area contributed by atoms with Crippen LogP contribution >= 0.6 is 0 Å². The van der Waals surface area contributed by atoms with Gasteiger partial charge in [0.1, 0.15) is 0 Å². The number of carbonyl (C=O) groups is 1. The molecule has 0 aromatic heterocycles. The summed E-state index contributed by atoms with van der Waals surface area (Å²) in [6.45, 7) is 5.02. The van der Waals surface area contributed by atoms with Gasteiger partial charge in [0, 0.05) is 13.6 Å². The van der Waals surface area contributed by atoms with E-state index in [4.69, 9.17) is 4.74 Å². The van der Waals surface area contributed by atoms with Crippen LogP contribution in [0.4, 0.5) is 0 Å². The van der Waals surface area contributed by atoms with Gasteiger partial charge in [0.25, 0.3) is 0 Å². The highest BCUT2D eigenvalue weighted by atomic mass is 16.5. The first-order chi connectivity index (χ1) is 6.15. The summed E-state index contributed by atoms with van der Waals surface area (Å²) in [6.07, 6.45) is 0.757. The molecule has 1 heterocycles. The zero-order chi connectivity index (χ0) is 9.84. The molecule has 1 rings (SSSR count). The molecule has 4 nitrogen and oxygen atoms in total. The number of esters is 1. The molecule has 0 aromatic rings. The lowest BCUT2D eigenvalue weighted by Gasteiger charge is -2.26. The standard InChI is InChI=1S/C9H16N2O2/c1-4-13-9(12)8-5-6-11(3)7(2)10-8/h8H,4-6H2,1-3H3. The van der Waals surface area contributed by atoms with E-state index in [-0.39, 0.29) is 12.0 Å². The van der Waals surface area contributed by atoms with E-state index in [1.165, 1.54) is 0 Å². The van der Waals surface area contributed by atoms with Gasteiger partial charge in [-0.1, -0.05) is 0 Å². The molecule has 0 spiro atoms. The van der Waals surface area contributed by atoms with Crippen LogP contribution in [0.2, 0.25) is 0 Å². The van der Waals surface area contributed by atoms with Gasteiger partial charge in [0.05, 0.1) is 12.4 Å². The Bertz CT molecular complexity index is 226. The third-order valence-electron chi connectivity index (χ3n) is 2.19. The zero-order valence-corrected chi connectivity index (χ0v) is 8.41. The molecule has 1 aliphatic rings. The minimum Gasteiger partial charge on any atom is -0.464 e. The van der Waals surface area contributed by atoms with E-state index in [2.05, 4.69) is 4.99 Å². The van der Waals surface area contributed by atoms with E-state index in [1.54, 1.807) is 0 Å². The van der Waals surface area contributed by atoms with E-state index in [0.717, 1.165) is 18.8 Å². The van der Waals surface area contributed by atoms with E-state index in [9.17, 15) is 4.79 Å². The highest BCUT2D eigenvalue weighted by Crippen LogP contribution is 2.09. The van der Waals surface area contributed by atoms with E-state index >= 15 is 0 Å². The molecule has 1 aliphatic heterocycles. The van der Waals surface area contributed by atoms with Gasteiger partial charge in [0.15, 0.2) is 6.04 Å². The zero-order valence-electron chi connectivity index (χ0n) is 8.41. The molecule has 74 valence electrons. The van der Waals surface area contributed by atoms with Crippen LogP contribution in [0, 0.1) is 0 Å². The van der Waals surface area contributed by atoms with Crippen molar-refractivity contribution >= 4 is 11.8 Å². The lowest BCUT2D eigenvalue weighted by Crippen LogP contribution is -2.37. The average molecular weight is 184 g/mol. The molecule has 0 aromatic carbocycles. The van der Waals surface area contributed by atoms with Crippen LogP contribution in [0.1, 0.15) is 20.3 Å². The Morgan fingerprint density at radius 2 is 2.46 bits per heavy atom. The molecular weight excluding hydrogens is 168 g/mol. The lowest BCUT2D eigenvalue weighted by atomic mass is 10.2. The Labute approximate surface area is 78.6 Å². The van der Waals surface area contributed by atoms with Crippen LogP contribution in [-0.4, -0.2) is 42.9 Å². The van der Waals surface area contributed by atoms with Crippen molar-refractivity contribution in [3.63, 3.8) is 0 Å². The third-order valence-corrected chi connectivity index (χ3v) is 2.19. The number of hydrogen-bond donors (Lipinski definition) is 0. The second-order valence-corrected chi connectivity index (χ2v) is 3.15. The van der Waals surface area contributed by atoms with Crippen molar-refractivity contribution in [3.8, 4) is 0 Å². The topological polar surface area (TPSA) is 41.9 Å². The SMILES string of the molecule is CCOC(=O)C1CCN(C)C(C)=N1. The second-order valence-electron chi connectivity index (χ2n) is 3.15. The molecule has 0 saturated carbocycles. The van der Waals surface area contributed by atoms with Crippen molar-refractivity contribution in [2.45, 2.75) is 26.3 Å². The van der Waals surface area contributed by atoms with Gasteiger partial charge in [-0.2, -0.15) is 0 Å². The predicted octanol–water partition coefficient (Wildman–Crippen LogP) is 0.672. The van der Waals surface area contributed by atoms with Crippen LogP contribution in [0.5, 0.6) is 0 Å². The average Bonchev–Trinajstić information content (AvgIpc) is 2.10. The number of aliphatic imine (C=N–C) groups is 1. The summed E-state index contributed by atoms with van der Waals surface area (Å²) in [7, 11) is 1.97. The fourth-order valence-corrected chi connectivity index (χ4v) is 1.28. The van der Waals surface area contributed by atoms with Gasteiger partial charge < -0.3 is 9.64 Å². The summed E-state index contributed by atoms with van der Waals surface area (Å²) >= 11 is 0. The van der Waals surface area contributed by atoms with Crippen molar-refractivity contribution in [1.29, 1.82) is 0 Å². The van der Waals surface area contributed by atoms with Gasteiger partial charge >= 0.3 is 5.97 Å². The molecule has 0 saturated heterocycles. The van der Waals surface area contributed by atoms with Gasteiger partial charge in [0.2, 0.25) is 0 Å². The summed E-state index contributed by atoms with van der Waals surface area (Å²) < 4.78 is 4.90. The van der Waals surface area contributed by atoms with Crippen molar-refractivity contribution in [2.24, 2.45) is 4.99 Å². The molecule has 0 radical (unpaired) electrons. The Balaban J connectivity index is 2.58. The minimum absolute atomic E-state index is 0.199. The van der Waals surface area contributed by atoms with Crippen LogP contribution in [0.15, 0.2) is 4.99 Å². The summed E-state index contributed by atoms with van der Waals surface area (Å²) in [5.41, 5.74) is 0. The van der Waals surface area contributed by atoms with Crippen LogP contribution in [-0.2, 0) is 9.53 Å². The Morgan fingerprint density at radius 3 is 3.00 bits per heavy atom. The molecule has 0 aliphatic carbocycles. The second kappa shape index (κ2) is 4.25. The molecule has 13 heavy (non-hydrogen) atoms. The molecule has 0 amide bonds. The first-order valence-corrected chi connectivity index (χ1v) is 4.57. The maximum atomic E-state index is 11.3. The fourth-order valence-electron chi connectivity index (χ4n) is 1.28. The highest BCUT2D eigenvalue weighted by molar-refractivity contribution is 5.85. The summed E-state index contributed by atoms with van der Waals surface area (Å²) in [4.78, 5) is 17.6. The van der Waals surface area contributed by atoms with Crippen molar-refractivity contribution < 1.29 is 9.53 Å². The van der Waals surface area contributed by atoms with E-state index in [0.29, 0.717) is 6.61 Å². The van der Waals surface area contributed by atoms with Crippen molar-refractivity contribution in [1.82, 2.24) is 4.90 Å². The third kappa shape index (κ3) is 2.44. The van der Waals surface area contributed by atoms with E-state index < -0.39 is 0 Å². The quantitative estimate of drug-likeness (QED) is 0.592. The largest absolute Gasteiger partial charge is 0.464 e. The number of amidine groups is 1. The number of nitrogens with zero attached hydrogens (tertiary/aromatic N) is 2. The normalized spacial score (nSPS) is 22.5. The number of ether oxygens (including phenoxy) is 1. The summed E-state index contributed by atoms with van der Waals surface area (Å²) in [5, 5.41) is 0. The molecule has 4 heteroatoms. The summed E-state index contributed by atoms with van der Waals surface area (Å²) in [5.74, 6) is 0.708. The predicted molar refractivity (Wildman–Crippen MR) is 50.8 cm³/mol. The Hall–Kier alpha value is -1.06. The lowest BCUT2D eigenvalue weighted by molar-refractivity contribution is -0.144. The molecule has 0 bridgehead atoms. The Kier molecular flexibility index (Phi) is 3.28. The van der Waals surface area contributed by atoms with Crippen LogP contribution in [0.25, 0.3) is 0 Å². The molecule has 1 unspecified atom stereocenters. The van der Waals surface area contributed by atoms with Crippen molar-refractivity contribution in [2.75, 3.05) is 20.2 Å². The van der Waals surface area contributed by atoms with Crippen LogP contribution in [0.3, 0.4) is 0 Å². The number of rotatable bonds is 2. The Morgan fingerprint density at radius 1 is 1.77 bits per heavy atom. The van der Waals surface area contributed by atoms with Crippen molar-refractivity contribution in [3.05, 3.63) is 0 Å². The first kappa shape index (κ1) is 10.0. The molecule has 0 N–H and O–H groups in total. The number of carbonyl (C=O) groups excluding carboxylic acids is 1. The van der Waals surface area contributed by atoms with Gasteiger partial charge in [-0.15, -0.1) is 0 Å². The number of hydrogen-bond acceptors (Lipinski definition) is 4.